The molecule has 0 aromatic rings. The zero-order chi connectivity index (χ0) is 21.6. The van der Waals surface area contributed by atoms with E-state index < -0.39 is 0 Å². The smallest absolute Gasteiger partial charge is 0.224 e. The maximum absolute atomic E-state index is 12.8. The van der Waals surface area contributed by atoms with E-state index in [4.69, 9.17) is 5.73 Å². The first-order valence-corrected chi connectivity index (χ1v) is 12.6. The molecule has 4 nitrogen and oxygen atoms in total. The monoisotopic (exact) mass is 416 g/mol. The third-order valence-corrected chi connectivity index (χ3v) is 6.69. The van der Waals surface area contributed by atoms with Gasteiger partial charge in [-0.1, -0.05) is 63.5 Å². The Morgan fingerprint density at radius 3 is 2.57 bits per heavy atom. The maximum Gasteiger partial charge on any atom is 0.224 e. The fourth-order valence-electron chi connectivity index (χ4n) is 5.02. The quantitative estimate of drug-likeness (QED) is 0.377. The summed E-state index contributed by atoms with van der Waals surface area (Å²) in [4.78, 5) is 24.6. The molecule has 0 spiro atoms. The molecule has 0 fully saturated rings. The van der Waals surface area contributed by atoms with E-state index in [9.17, 15) is 9.59 Å². The minimum Gasteiger partial charge on any atom is -0.370 e. The molecule has 1 atom stereocenters. The Hall–Kier alpha value is -1.58. The van der Waals surface area contributed by atoms with E-state index in [0.29, 0.717) is 12.8 Å². The zero-order valence-corrected chi connectivity index (χ0v) is 19.3. The maximum atomic E-state index is 12.8. The number of carbonyl (C=O) groups excluding carboxylic acids is 2. The number of hydrogen-bond acceptors (Lipinski definition) is 2. The Kier molecular flexibility index (Phi) is 11.9. The van der Waals surface area contributed by atoms with Gasteiger partial charge < -0.3 is 11.1 Å². The first-order chi connectivity index (χ1) is 14.6. The number of hydrogen-bond donors (Lipinski definition) is 2. The van der Waals surface area contributed by atoms with Crippen molar-refractivity contribution in [1.82, 2.24) is 5.32 Å². The van der Waals surface area contributed by atoms with E-state index in [2.05, 4.69) is 18.3 Å². The van der Waals surface area contributed by atoms with E-state index in [0.717, 1.165) is 51.5 Å². The third kappa shape index (κ3) is 9.06. The summed E-state index contributed by atoms with van der Waals surface area (Å²) in [5.41, 5.74) is 9.63. The molecule has 0 radical (unpaired) electrons. The lowest BCUT2D eigenvalue weighted by atomic mass is 9.83. The Bertz CT molecular complexity index is 606. The van der Waals surface area contributed by atoms with Crippen LogP contribution in [-0.2, 0) is 9.59 Å². The van der Waals surface area contributed by atoms with Gasteiger partial charge in [-0.25, -0.2) is 0 Å². The van der Waals surface area contributed by atoms with Crippen molar-refractivity contribution >= 4 is 11.8 Å². The molecule has 30 heavy (non-hydrogen) atoms. The van der Waals surface area contributed by atoms with Crippen molar-refractivity contribution in [1.29, 1.82) is 0 Å². The molecule has 0 saturated heterocycles. The molecule has 0 saturated carbocycles. The third-order valence-electron chi connectivity index (χ3n) is 6.69. The van der Waals surface area contributed by atoms with Crippen LogP contribution in [0.25, 0.3) is 0 Å². The van der Waals surface area contributed by atoms with Crippen LogP contribution in [0.15, 0.2) is 22.8 Å². The molecule has 2 aliphatic carbocycles. The van der Waals surface area contributed by atoms with Crippen molar-refractivity contribution in [2.24, 2.45) is 11.7 Å². The number of nitrogens with two attached hydrogens (primary N) is 1. The fraction of sp³-hybridized carbons (Fsp3) is 0.769. The number of allylic oxidation sites excluding steroid dienone is 3. The first-order valence-electron chi connectivity index (χ1n) is 12.6. The Morgan fingerprint density at radius 2 is 1.77 bits per heavy atom. The average molecular weight is 417 g/mol. The van der Waals surface area contributed by atoms with Crippen molar-refractivity contribution in [2.75, 3.05) is 6.54 Å². The SMILES string of the molecule is CCCCCCCCNC(=O)CC1=C(C2=CCCCCC2)CCCCC1CC(N)=O. The van der Waals surface area contributed by atoms with Crippen molar-refractivity contribution in [2.45, 2.75) is 116 Å². The highest BCUT2D eigenvalue weighted by Crippen LogP contribution is 2.38. The minimum absolute atomic E-state index is 0.113. The topological polar surface area (TPSA) is 72.2 Å². The van der Waals surface area contributed by atoms with E-state index in [1.807, 2.05) is 0 Å². The van der Waals surface area contributed by atoms with Crippen LogP contribution in [0, 0.1) is 5.92 Å². The molecule has 2 aliphatic rings. The first kappa shape index (κ1) is 24.7. The number of unbranched alkanes of at least 4 members (excludes halogenated alkanes) is 5. The number of amides is 2. The molecule has 4 heteroatoms. The lowest BCUT2D eigenvalue weighted by Gasteiger charge is -2.22. The standard InChI is InChI=1S/C26H44N2O2/c1-2-3-4-5-8-13-18-28-26(30)20-24-22(19-25(27)29)16-11-12-17-23(24)21-14-9-6-7-10-15-21/h14,22H,2-13,15-20H2,1H3,(H2,27,29)(H,28,30). The predicted molar refractivity (Wildman–Crippen MR) is 125 cm³/mol. The van der Waals surface area contributed by atoms with Gasteiger partial charge >= 0.3 is 0 Å². The van der Waals surface area contributed by atoms with E-state index in [1.165, 1.54) is 68.1 Å². The van der Waals surface area contributed by atoms with Gasteiger partial charge in [0.25, 0.3) is 0 Å². The van der Waals surface area contributed by atoms with E-state index >= 15 is 0 Å². The van der Waals surface area contributed by atoms with Gasteiger partial charge in [0.1, 0.15) is 0 Å². The summed E-state index contributed by atoms with van der Waals surface area (Å²) < 4.78 is 0. The predicted octanol–water partition coefficient (Wildman–Crippen LogP) is 6.11. The highest BCUT2D eigenvalue weighted by Gasteiger charge is 2.26. The second-order valence-corrected chi connectivity index (χ2v) is 9.24. The van der Waals surface area contributed by atoms with Crippen LogP contribution >= 0.6 is 0 Å². The van der Waals surface area contributed by atoms with Gasteiger partial charge in [0.2, 0.25) is 11.8 Å². The average Bonchev–Trinajstić information content (AvgIpc) is 3.09. The summed E-state index contributed by atoms with van der Waals surface area (Å²) in [6, 6.07) is 0. The summed E-state index contributed by atoms with van der Waals surface area (Å²) in [5.74, 6) is -0.00770. The molecule has 3 N–H and O–H groups in total. The highest BCUT2D eigenvalue weighted by molar-refractivity contribution is 5.80. The second-order valence-electron chi connectivity index (χ2n) is 9.24. The van der Waals surface area contributed by atoms with Crippen molar-refractivity contribution in [3.8, 4) is 0 Å². The summed E-state index contributed by atoms with van der Waals surface area (Å²) in [6.07, 6.45) is 20.9. The van der Waals surface area contributed by atoms with Crippen LogP contribution in [-0.4, -0.2) is 18.4 Å². The van der Waals surface area contributed by atoms with Crippen LogP contribution in [0.1, 0.15) is 116 Å². The van der Waals surface area contributed by atoms with Gasteiger partial charge in [-0.15, -0.1) is 0 Å². The van der Waals surface area contributed by atoms with E-state index in [-0.39, 0.29) is 17.7 Å². The summed E-state index contributed by atoms with van der Waals surface area (Å²) in [7, 11) is 0. The van der Waals surface area contributed by atoms with Crippen LogP contribution in [0.5, 0.6) is 0 Å². The molecule has 0 bridgehead atoms. The molecule has 0 aromatic heterocycles. The Balaban J connectivity index is 2.04. The lowest BCUT2D eigenvalue weighted by Crippen LogP contribution is -2.27. The number of primary amides is 1. The van der Waals surface area contributed by atoms with E-state index in [1.54, 1.807) is 0 Å². The van der Waals surface area contributed by atoms with Gasteiger partial charge in [-0.05, 0) is 68.4 Å². The van der Waals surface area contributed by atoms with Gasteiger partial charge in [0.15, 0.2) is 0 Å². The number of carbonyl (C=O) groups is 2. The second kappa shape index (κ2) is 14.4. The van der Waals surface area contributed by atoms with Gasteiger partial charge in [0, 0.05) is 19.4 Å². The molecule has 2 rings (SSSR count). The summed E-state index contributed by atoms with van der Waals surface area (Å²) in [6.45, 7) is 2.99. The molecule has 2 amide bonds. The minimum atomic E-state index is -0.249. The zero-order valence-electron chi connectivity index (χ0n) is 19.3. The number of rotatable bonds is 12. The lowest BCUT2D eigenvalue weighted by molar-refractivity contribution is -0.121. The molecule has 0 aromatic carbocycles. The normalized spacial score (nSPS) is 20.3. The van der Waals surface area contributed by atoms with Crippen molar-refractivity contribution in [3.63, 3.8) is 0 Å². The van der Waals surface area contributed by atoms with Crippen LogP contribution in [0.3, 0.4) is 0 Å². The number of nitrogens with one attached hydrogen (secondary N) is 1. The Labute approximate surface area is 184 Å². The summed E-state index contributed by atoms with van der Waals surface area (Å²) in [5, 5.41) is 3.14. The van der Waals surface area contributed by atoms with Crippen LogP contribution in [0.4, 0.5) is 0 Å². The van der Waals surface area contributed by atoms with Crippen molar-refractivity contribution in [3.05, 3.63) is 22.8 Å². The van der Waals surface area contributed by atoms with Gasteiger partial charge in [0.05, 0.1) is 0 Å². The molecular weight excluding hydrogens is 372 g/mol. The van der Waals surface area contributed by atoms with Crippen molar-refractivity contribution < 1.29 is 9.59 Å². The fourth-order valence-corrected chi connectivity index (χ4v) is 5.02. The molecule has 170 valence electrons. The largest absolute Gasteiger partial charge is 0.370 e. The molecule has 0 heterocycles. The highest BCUT2D eigenvalue weighted by atomic mass is 16.1. The summed E-state index contributed by atoms with van der Waals surface area (Å²) >= 11 is 0. The molecular formula is C26H44N2O2. The van der Waals surface area contributed by atoms with Gasteiger partial charge in [-0.2, -0.15) is 0 Å². The van der Waals surface area contributed by atoms with Crippen LogP contribution < -0.4 is 11.1 Å². The Morgan fingerprint density at radius 1 is 1.00 bits per heavy atom. The molecule has 0 aliphatic heterocycles. The van der Waals surface area contributed by atoms with Crippen LogP contribution in [0.2, 0.25) is 0 Å². The van der Waals surface area contributed by atoms with Gasteiger partial charge in [-0.3, -0.25) is 9.59 Å². The molecule has 1 unspecified atom stereocenters.